The maximum atomic E-state index is 15.1. The monoisotopic (exact) mass is 540 g/mol. The molecule has 1 saturated carbocycles. The van der Waals surface area contributed by atoms with Gasteiger partial charge >= 0.3 is 6.11 Å². The zero-order valence-electron chi connectivity index (χ0n) is 21.2. The molecule has 39 heavy (non-hydrogen) atoms. The molecule has 1 nitrogen and oxygen atoms in total. The van der Waals surface area contributed by atoms with Crippen LogP contribution in [0.25, 0.3) is 33.4 Å². The summed E-state index contributed by atoms with van der Waals surface area (Å²) in [6.45, 7) is 2.07. The maximum absolute atomic E-state index is 15.1. The Kier molecular flexibility index (Phi) is 7.43. The molecule has 4 aromatic carbocycles. The van der Waals surface area contributed by atoms with Gasteiger partial charge in [0.05, 0.1) is 5.92 Å². The molecule has 0 aromatic heterocycles. The van der Waals surface area contributed by atoms with Crippen molar-refractivity contribution in [3.05, 3.63) is 102 Å². The molecule has 0 atom stereocenters. The van der Waals surface area contributed by atoms with Crippen molar-refractivity contribution in [2.24, 2.45) is 11.8 Å². The van der Waals surface area contributed by atoms with Gasteiger partial charge in [-0.1, -0.05) is 62.2 Å². The molecule has 5 rings (SSSR count). The number of benzene rings is 4. The lowest BCUT2D eigenvalue weighted by atomic mass is 9.82. The van der Waals surface area contributed by atoms with Crippen LogP contribution < -0.4 is 4.74 Å². The van der Waals surface area contributed by atoms with Crippen LogP contribution >= 0.6 is 0 Å². The van der Waals surface area contributed by atoms with Gasteiger partial charge in [-0.05, 0) is 77.4 Å². The summed E-state index contributed by atoms with van der Waals surface area (Å²) < 4.78 is 91.0. The van der Waals surface area contributed by atoms with Crippen LogP contribution in [0.2, 0.25) is 0 Å². The average molecular weight is 541 g/mol. The lowest BCUT2D eigenvalue weighted by Gasteiger charge is -2.32. The molecule has 0 unspecified atom stereocenters. The van der Waals surface area contributed by atoms with Crippen molar-refractivity contribution >= 4 is 0 Å². The summed E-state index contributed by atoms with van der Waals surface area (Å²) in [6, 6.07) is 17.6. The molecule has 0 aliphatic heterocycles. The van der Waals surface area contributed by atoms with Crippen LogP contribution in [0.3, 0.4) is 0 Å². The van der Waals surface area contributed by atoms with E-state index in [0.29, 0.717) is 29.9 Å². The van der Waals surface area contributed by atoms with Gasteiger partial charge in [-0.25, -0.2) is 17.6 Å². The Hall–Kier alpha value is -3.74. The Labute approximate surface area is 223 Å². The number of ether oxygens (including phenoxy) is 1. The minimum absolute atomic E-state index is 0.0380. The Morgan fingerprint density at radius 3 is 1.62 bits per heavy atom. The largest absolute Gasteiger partial charge is 0.432 e. The molecule has 0 amide bonds. The predicted molar refractivity (Wildman–Crippen MR) is 139 cm³/mol. The Balaban J connectivity index is 1.31. The smallest absolute Gasteiger partial charge is 0.400 e. The molecule has 4 aromatic rings. The summed E-state index contributed by atoms with van der Waals surface area (Å²) in [5.74, 6) is -3.77. The fourth-order valence-corrected chi connectivity index (χ4v) is 5.06. The van der Waals surface area contributed by atoms with Crippen molar-refractivity contribution in [1.29, 1.82) is 0 Å². The van der Waals surface area contributed by atoms with Crippen LogP contribution in [0, 0.1) is 35.1 Å². The first-order valence-corrected chi connectivity index (χ1v) is 12.8. The number of rotatable bonds is 6. The molecule has 0 radical (unpaired) electrons. The van der Waals surface area contributed by atoms with E-state index in [9.17, 15) is 22.0 Å². The minimum atomic E-state index is -3.26. The third-order valence-electron chi connectivity index (χ3n) is 7.41. The van der Waals surface area contributed by atoms with Gasteiger partial charge < -0.3 is 4.74 Å². The number of hydrogen-bond donors (Lipinski definition) is 0. The van der Waals surface area contributed by atoms with Crippen molar-refractivity contribution < 1.29 is 31.1 Å². The lowest BCUT2D eigenvalue weighted by Crippen LogP contribution is -2.36. The van der Waals surface area contributed by atoms with E-state index in [2.05, 4.69) is 6.92 Å². The highest BCUT2D eigenvalue weighted by molar-refractivity contribution is 5.74. The molecule has 0 saturated heterocycles. The quantitative estimate of drug-likeness (QED) is 0.221. The Morgan fingerprint density at radius 2 is 1.05 bits per heavy atom. The summed E-state index contributed by atoms with van der Waals surface area (Å²) >= 11 is 0. The zero-order valence-corrected chi connectivity index (χ0v) is 21.2. The summed E-state index contributed by atoms with van der Waals surface area (Å²) in [5, 5.41) is 0. The van der Waals surface area contributed by atoms with Gasteiger partial charge in [0, 0.05) is 11.1 Å². The summed E-state index contributed by atoms with van der Waals surface area (Å²) in [6.07, 6.45) is -0.889. The second-order valence-electron chi connectivity index (χ2n) is 10.2. The van der Waals surface area contributed by atoms with Crippen LogP contribution in [0.4, 0.5) is 26.3 Å². The molecule has 0 N–H and O–H groups in total. The van der Waals surface area contributed by atoms with Crippen LogP contribution in [0.15, 0.2) is 78.9 Å². The number of hydrogen-bond acceptors (Lipinski definition) is 1. The van der Waals surface area contributed by atoms with E-state index in [-0.39, 0.29) is 28.0 Å². The fourth-order valence-electron chi connectivity index (χ4n) is 5.06. The number of alkyl halides is 2. The van der Waals surface area contributed by atoms with E-state index >= 15 is 4.39 Å². The van der Waals surface area contributed by atoms with E-state index in [1.54, 1.807) is 18.2 Å². The second-order valence-corrected chi connectivity index (χ2v) is 10.2. The SMILES string of the molecule is CC1CCC(C(F)(F)Oc2ccc(-c3ccc(-c4ccc(-c5ccc(F)c(F)c5)c(F)c4)c(F)c3)cc2)CC1. The molecule has 0 bridgehead atoms. The lowest BCUT2D eigenvalue weighted by molar-refractivity contribution is -0.223. The van der Waals surface area contributed by atoms with Crippen LogP contribution in [0.5, 0.6) is 5.75 Å². The van der Waals surface area contributed by atoms with Crippen molar-refractivity contribution in [1.82, 2.24) is 0 Å². The molecule has 7 heteroatoms. The van der Waals surface area contributed by atoms with Crippen molar-refractivity contribution in [3.63, 3.8) is 0 Å². The Bertz CT molecular complexity index is 1470. The molecule has 0 spiro atoms. The highest BCUT2D eigenvalue weighted by Crippen LogP contribution is 2.40. The predicted octanol–water partition coefficient (Wildman–Crippen LogP) is 10.0. The summed E-state index contributed by atoms with van der Waals surface area (Å²) in [4.78, 5) is 0. The topological polar surface area (TPSA) is 9.23 Å². The molecular weight excluding hydrogens is 514 g/mol. The molecule has 1 aliphatic carbocycles. The third-order valence-corrected chi connectivity index (χ3v) is 7.41. The molecular formula is C32H26F6O. The first-order chi connectivity index (χ1) is 18.6. The maximum Gasteiger partial charge on any atom is 0.400 e. The van der Waals surface area contributed by atoms with E-state index in [1.165, 1.54) is 42.5 Å². The van der Waals surface area contributed by atoms with Gasteiger partial charge in [-0.3, -0.25) is 0 Å². The average Bonchev–Trinajstić information content (AvgIpc) is 2.91. The molecule has 1 fully saturated rings. The van der Waals surface area contributed by atoms with Crippen LogP contribution in [-0.4, -0.2) is 6.11 Å². The second kappa shape index (κ2) is 10.8. The number of halogens is 6. The summed E-state index contributed by atoms with van der Waals surface area (Å²) in [7, 11) is 0. The van der Waals surface area contributed by atoms with Crippen molar-refractivity contribution in [2.45, 2.75) is 38.7 Å². The first kappa shape index (κ1) is 26.9. The normalized spacial score (nSPS) is 17.7. The van der Waals surface area contributed by atoms with Gasteiger partial charge in [-0.15, -0.1) is 0 Å². The third kappa shape index (κ3) is 5.82. The van der Waals surface area contributed by atoms with E-state index in [0.717, 1.165) is 31.0 Å². The molecule has 1 aliphatic rings. The van der Waals surface area contributed by atoms with Crippen molar-refractivity contribution in [3.8, 4) is 39.1 Å². The first-order valence-electron chi connectivity index (χ1n) is 12.8. The van der Waals surface area contributed by atoms with Gasteiger partial charge in [0.15, 0.2) is 11.6 Å². The molecule has 202 valence electrons. The van der Waals surface area contributed by atoms with Gasteiger partial charge in [0.2, 0.25) is 0 Å². The van der Waals surface area contributed by atoms with Gasteiger partial charge in [0.25, 0.3) is 0 Å². The fraction of sp³-hybridized carbons (Fsp3) is 0.250. The zero-order chi connectivity index (χ0) is 27.7. The Morgan fingerprint density at radius 1 is 0.564 bits per heavy atom. The summed E-state index contributed by atoms with van der Waals surface area (Å²) in [5.41, 5.74) is 1.74. The van der Waals surface area contributed by atoms with Crippen molar-refractivity contribution in [2.75, 3.05) is 0 Å². The molecule has 0 heterocycles. The van der Waals surface area contributed by atoms with E-state index in [4.69, 9.17) is 4.74 Å². The van der Waals surface area contributed by atoms with Crippen LogP contribution in [0.1, 0.15) is 32.6 Å². The van der Waals surface area contributed by atoms with Gasteiger partial charge in [-0.2, -0.15) is 8.78 Å². The minimum Gasteiger partial charge on any atom is -0.432 e. The van der Waals surface area contributed by atoms with E-state index < -0.39 is 35.3 Å². The van der Waals surface area contributed by atoms with E-state index in [1.807, 2.05) is 0 Å². The van der Waals surface area contributed by atoms with Crippen LogP contribution in [-0.2, 0) is 0 Å². The highest BCUT2D eigenvalue weighted by atomic mass is 19.3. The highest BCUT2D eigenvalue weighted by Gasteiger charge is 2.43. The standard InChI is InChI=1S/C32H26F6O/c1-19-2-9-24(10-3-19)32(37,38)39-25-11-4-20(5-12-25)21-6-13-26(29(34)16-21)22-7-14-27(30(35)17-22)23-8-15-28(33)31(36)18-23/h4-8,11-19,24H,2-3,9-10H2,1H3. The van der Waals surface area contributed by atoms with Gasteiger partial charge in [0.1, 0.15) is 17.4 Å².